The topological polar surface area (TPSA) is 45.6 Å². The summed E-state index contributed by atoms with van der Waals surface area (Å²) in [6, 6.07) is 27.4. The average Bonchev–Trinajstić information content (AvgIpc) is 3.72. The SMILES string of the molecule is CCC(CC)C(=O)/C=C(\O)C(CC)CC.[CH2-]c1c(-c2c3c(cc[n+]2[CH2-])c2ccc(CC(C)(C)C)c4c5ccccc5n3c24)cc(C2CCCCC2)c2ccccc12.[Ir]. The van der Waals surface area contributed by atoms with Crippen LogP contribution >= 0.6 is 0 Å². The van der Waals surface area contributed by atoms with Gasteiger partial charge in [-0.05, 0) is 79.4 Å². The maximum atomic E-state index is 11.7. The molecule has 58 heavy (non-hydrogen) atoms. The van der Waals surface area contributed by atoms with E-state index in [0.717, 1.165) is 43.4 Å². The molecule has 1 saturated carbocycles. The molecule has 7 aromatic rings. The van der Waals surface area contributed by atoms with Crippen LogP contribution in [-0.4, -0.2) is 15.3 Å². The fourth-order valence-corrected chi connectivity index (χ4v) is 9.85. The van der Waals surface area contributed by atoms with Gasteiger partial charge in [-0.2, -0.15) is 12.5 Å². The van der Waals surface area contributed by atoms with Gasteiger partial charge in [0.25, 0.3) is 0 Å². The third-order valence-electron chi connectivity index (χ3n) is 12.9. The van der Waals surface area contributed by atoms with Crippen LogP contribution in [0.5, 0.6) is 0 Å². The normalized spacial score (nSPS) is 14.3. The van der Waals surface area contributed by atoms with E-state index in [-0.39, 0.29) is 48.9 Å². The Balaban J connectivity index is 0.000000305. The Labute approximate surface area is 360 Å². The monoisotopic (exact) mass is 952 g/mol. The molecule has 0 bridgehead atoms. The summed E-state index contributed by atoms with van der Waals surface area (Å²) in [5, 5.41) is 17.7. The molecule has 0 amide bonds. The number of carbonyl (C=O) groups excluding carboxylic acids is 1. The van der Waals surface area contributed by atoms with Crippen molar-refractivity contribution in [2.45, 2.75) is 119 Å². The molecule has 1 aliphatic rings. The maximum absolute atomic E-state index is 11.7. The summed E-state index contributed by atoms with van der Waals surface area (Å²) in [6.07, 6.45) is 14.6. The average molecular weight is 952 g/mol. The maximum Gasteiger partial charge on any atom is 0.162 e. The van der Waals surface area contributed by atoms with Gasteiger partial charge in [0.05, 0.1) is 34.2 Å². The first-order valence-corrected chi connectivity index (χ1v) is 21.7. The number of ketones is 1. The van der Waals surface area contributed by atoms with Gasteiger partial charge in [-0.25, -0.2) is 0 Å². The van der Waals surface area contributed by atoms with Crippen molar-refractivity contribution in [1.29, 1.82) is 0 Å². The second kappa shape index (κ2) is 17.9. The summed E-state index contributed by atoms with van der Waals surface area (Å²) in [5.41, 5.74) is 10.4. The molecule has 0 unspecified atom stereocenters. The minimum atomic E-state index is 0. The first-order valence-electron chi connectivity index (χ1n) is 21.7. The van der Waals surface area contributed by atoms with Gasteiger partial charge in [0, 0.05) is 61.2 Å². The molecule has 1 aliphatic carbocycles. The molecule has 5 heteroatoms. The van der Waals surface area contributed by atoms with Crippen LogP contribution in [0.25, 0.3) is 60.1 Å². The molecule has 0 aliphatic heterocycles. The van der Waals surface area contributed by atoms with E-state index >= 15 is 0 Å². The molecule has 1 fully saturated rings. The number of hydrogen-bond acceptors (Lipinski definition) is 2. The summed E-state index contributed by atoms with van der Waals surface area (Å²) in [7, 11) is 4.57. The zero-order chi connectivity index (χ0) is 40.6. The molecule has 4 aromatic carbocycles. The number of para-hydroxylation sites is 1. The van der Waals surface area contributed by atoms with Crippen molar-refractivity contribution in [1.82, 2.24) is 4.40 Å². The minimum Gasteiger partial charge on any atom is -0.512 e. The molecule has 1 radical (unpaired) electrons. The zero-order valence-corrected chi connectivity index (χ0v) is 38.3. The quantitative estimate of drug-likeness (QED) is 0.0643. The predicted molar refractivity (Wildman–Crippen MR) is 242 cm³/mol. The fourth-order valence-electron chi connectivity index (χ4n) is 9.85. The van der Waals surface area contributed by atoms with Crippen LogP contribution in [0.2, 0.25) is 0 Å². The standard InChI is InChI=1S/C40H39N2.C13H24O2.Ir/c1-25-28-15-9-10-16-29(28)34(26-13-7-6-8-14-26)23-33(25)38-39-31(21-22-41(38)5)30-20-19-27(24-40(2,3)4)36-32-17-11-12-18-35(32)42(39)37(30)36;1-5-10(6-2)12(14)9-13(15)11(7-3)8-4;/h9-12,15-23,26H,1,5-8,13-14,24H2,2-4H3;9-11,14H,5-8H2,1-4H3;/q-1;;/b;12-9-;. The van der Waals surface area contributed by atoms with Gasteiger partial charge in [0.1, 0.15) is 0 Å². The van der Waals surface area contributed by atoms with E-state index in [1.54, 1.807) is 0 Å². The Morgan fingerprint density at radius 1 is 0.810 bits per heavy atom. The molecule has 1 N–H and O–H groups in total. The number of allylic oxidation sites excluding steroid dienone is 2. The van der Waals surface area contributed by atoms with Crippen molar-refractivity contribution >= 4 is 54.7 Å². The number of aliphatic hydroxyl groups is 1. The Morgan fingerprint density at radius 2 is 1.41 bits per heavy atom. The number of hydrogen-bond donors (Lipinski definition) is 1. The number of benzene rings is 4. The molecule has 0 atom stereocenters. The fraction of sp³-hybridized carbons (Fsp3) is 0.396. The van der Waals surface area contributed by atoms with E-state index < -0.39 is 0 Å². The van der Waals surface area contributed by atoms with Gasteiger partial charge in [0.2, 0.25) is 0 Å². The number of aliphatic hydroxyl groups excluding tert-OH is 1. The van der Waals surface area contributed by atoms with Crippen LogP contribution in [0.15, 0.2) is 90.8 Å². The van der Waals surface area contributed by atoms with Crippen LogP contribution in [-0.2, 0) is 31.3 Å². The molecule has 307 valence electrons. The third-order valence-corrected chi connectivity index (χ3v) is 12.9. The molecule has 0 spiro atoms. The number of pyridine rings is 1. The Hall–Kier alpha value is -4.31. The molecule has 0 saturated heterocycles. The first-order chi connectivity index (χ1) is 27.4. The van der Waals surface area contributed by atoms with Crippen molar-refractivity contribution in [3.05, 3.63) is 121 Å². The van der Waals surface area contributed by atoms with Crippen LogP contribution in [0.4, 0.5) is 0 Å². The molecule has 4 nitrogen and oxygen atoms in total. The Morgan fingerprint density at radius 3 is 2.05 bits per heavy atom. The number of rotatable bonds is 10. The van der Waals surface area contributed by atoms with Crippen molar-refractivity contribution in [2.75, 3.05) is 0 Å². The van der Waals surface area contributed by atoms with Crippen molar-refractivity contribution < 1.29 is 34.6 Å². The summed E-state index contributed by atoms with van der Waals surface area (Å²) >= 11 is 0. The number of aromatic nitrogens is 2. The van der Waals surface area contributed by atoms with Gasteiger partial charge in [-0.3, -0.25) is 4.79 Å². The van der Waals surface area contributed by atoms with E-state index in [1.165, 1.54) is 104 Å². The molecule has 8 rings (SSSR count). The summed E-state index contributed by atoms with van der Waals surface area (Å²) in [4.78, 5) is 11.7. The smallest absolute Gasteiger partial charge is 0.162 e. The van der Waals surface area contributed by atoms with Gasteiger partial charge >= 0.3 is 0 Å². The predicted octanol–water partition coefficient (Wildman–Crippen LogP) is 14.3. The van der Waals surface area contributed by atoms with Gasteiger partial charge in [0.15, 0.2) is 5.78 Å². The molecular formula is C53H63IrN2O2-. The van der Waals surface area contributed by atoms with E-state index in [0.29, 0.717) is 5.92 Å². The molecule has 3 heterocycles. The second-order valence-corrected chi connectivity index (χ2v) is 17.9. The van der Waals surface area contributed by atoms with Gasteiger partial charge in [-0.15, -0.1) is 23.1 Å². The van der Waals surface area contributed by atoms with Crippen molar-refractivity contribution in [3.63, 3.8) is 0 Å². The van der Waals surface area contributed by atoms with Crippen molar-refractivity contribution in [2.24, 2.45) is 17.3 Å². The van der Waals surface area contributed by atoms with Crippen LogP contribution in [0.3, 0.4) is 0 Å². The van der Waals surface area contributed by atoms with E-state index in [1.807, 2.05) is 27.7 Å². The summed E-state index contributed by atoms with van der Waals surface area (Å²) < 4.78 is 4.62. The van der Waals surface area contributed by atoms with Crippen LogP contribution in [0, 0.1) is 31.2 Å². The van der Waals surface area contributed by atoms with Crippen LogP contribution < -0.4 is 4.57 Å². The Kier molecular flexibility index (Phi) is 13.4. The van der Waals surface area contributed by atoms with Crippen LogP contribution in [0.1, 0.15) is 129 Å². The summed E-state index contributed by atoms with van der Waals surface area (Å²) in [5.74, 6) is 1.14. The first kappa shape index (κ1) is 43.3. The van der Waals surface area contributed by atoms with Gasteiger partial charge in [-0.1, -0.05) is 127 Å². The zero-order valence-electron chi connectivity index (χ0n) is 35.9. The summed E-state index contributed by atoms with van der Waals surface area (Å²) in [6.45, 7) is 19.8. The number of fused-ring (bicyclic) bond motifs is 7. The van der Waals surface area contributed by atoms with E-state index in [2.05, 4.69) is 116 Å². The number of carbonyl (C=O) groups is 1. The number of nitrogens with zero attached hydrogens (tertiary/aromatic N) is 2. The second-order valence-electron chi connectivity index (χ2n) is 17.9. The largest absolute Gasteiger partial charge is 0.512 e. The van der Waals surface area contributed by atoms with E-state index in [9.17, 15) is 9.90 Å². The third kappa shape index (κ3) is 8.02. The molecule has 3 aromatic heterocycles. The van der Waals surface area contributed by atoms with E-state index in [4.69, 9.17) is 6.92 Å². The molecular weight excluding hydrogens is 889 g/mol. The van der Waals surface area contributed by atoms with Gasteiger partial charge < -0.3 is 14.1 Å². The van der Waals surface area contributed by atoms with Crippen molar-refractivity contribution in [3.8, 4) is 11.3 Å². The Bertz CT molecular complexity index is 2570. The minimum absolute atomic E-state index is 0.